The molecule has 1 aromatic heterocycles. The highest BCUT2D eigenvalue weighted by atomic mass is 14.9. The molecule has 2 aromatic rings. The Balaban J connectivity index is 1.99. The van der Waals surface area contributed by atoms with Gasteiger partial charge in [0.05, 0.1) is 0 Å². The van der Waals surface area contributed by atoms with Crippen LogP contribution in [0.2, 0.25) is 0 Å². The van der Waals surface area contributed by atoms with Crippen molar-refractivity contribution in [1.29, 1.82) is 0 Å². The number of pyridine rings is 1. The minimum absolute atomic E-state index is 0.198. The Morgan fingerprint density at radius 2 is 1.81 bits per heavy atom. The van der Waals surface area contributed by atoms with Gasteiger partial charge in [0.2, 0.25) is 0 Å². The van der Waals surface area contributed by atoms with Crippen molar-refractivity contribution in [3.05, 3.63) is 59.3 Å². The Hall–Kier alpha value is -1.87. The molecule has 3 heteroatoms. The molecule has 0 saturated carbocycles. The van der Waals surface area contributed by atoms with Crippen LogP contribution in [0.25, 0.3) is 0 Å². The lowest BCUT2D eigenvalue weighted by atomic mass is 9.86. The van der Waals surface area contributed by atoms with Crippen LogP contribution in [-0.2, 0) is 12.0 Å². The molecule has 0 amide bonds. The summed E-state index contributed by atoms with van der Waals surface area (Å²) in [5.41, 5.74) is 9.70. The van der Waals surface area contributed by atoms with Crippen molar-refractivity contribution in [3.63, 3.8) is 0 Å². The predicted octanol–water partition coefficient (Wildman–Crippen LogP) is 3.81. The molecule has 0 aliphatic carbocycles. The van der Waals surface area contributed by atoms with Crippen LogP contribution in [-0.4, -0.2) is 4.98 Å². The Morgan fingerprint density at radius 1 is 1.14 bits per heavy atom. The van der Waals surface area contributed by atoms with Gasteiger partial charge in [-0.25, -0.2) is 4.98 Å². The van der Waals surface area contributed by atoms with E-state index in [0.29, 0.717) is 11.9 Å². The zero-order chi connectivity index (χ0) is 15.5. The number of nitrogens with zero attached hydrogens (tertiary/aromatic N) is 1. The van der Waals surface area contributed by atoms with Crippen LogP contribution < -0.4 is 11.1 Å². The predicted molar refractivity (Wildman–Crippen MR) is 89.0 cm³/mol. The SMILES string of the molecule is CC(NCc1ccnc(N)c1)c1ccc(C(C)(C)C)cc1. The highest BCUT2D eigenvalue weighted by molar-refractivity contribution is 5.32. The first-order valence-corrected chi connectivity index (χ1v) is 7.40. The van der Waals surface area contributed by atoms with E-state index >= 15 is 0 Å². The summed E-state index contributed by atoms with van der Waals surface area (Å²) in [6.45, 7) is 9.66. The first-order chi connectivity index (χ1) is 9.86. The fraction of sp³-hybridized carbons (Fsp3) is 0.389. The summed E-state index contributed by atoms with van der Waals surface area (Å²) in [5.74, 6) is 0.566. The maximum Gasteiger partial charge on any atom is 0.123 e. The van der Waals surface area contributed by atoms with Crippen LogP contribution in [0.4, 0.5) is 5.82 Å². The summed E-state index contributed by atoms with van der Waals surface area (Å²) < 4.78 is 0. The topological polar surface area (TPSA) is 50.9 Å². The average Bonchev–Trinajstić information content (AvgIpc) is 2.44. The summed E-state index contributed by atoms with van der Waals surface area (Å²) in [5, 5.41) is 3.52. The number of nitrogen functional groups attached to an aromatic ring is 1. The molecule has 1 aromatic carbocycles. The Morgan fingerprint density at radius 3 is 2.38 bits per heavy atom. The van der Waals surface area contributed by atoms with Crippen LogP contribution in [0.1, 0.15) is 50.4 Å². The number of rotatable bonds is 4. The van der Waals surface area contributed by atoms with Gasteiger partial charge in [-0.3, -0.25) is 0 Å². The van der Waals surface area contributed by atoms with Crippen molar-refractivity contribution >= 4 is 5.82 Å². The third-order valence-electron chi connectivity index (χ3n) is 3.73. The molecule has 3 N–H and O–H groups in total. The van der Waals surface area contributed by atoms with Gasteiger partial charge in [0.25, 0.3) is 0 Å². The number of anilines is 1. The molecule has 112 valence electrons. The monoisotopic (exact) mass is 283 g/mol. The molecule has 3 nitrogen and oxygen atoms in total. The lowest BCUT2D eigenvalue weighted by molar-refractivity contribution is 0.569. The largest absolute Gasteiger partial charge is 0.384 e. The van der Waals surface area contributed by atoms with Crippen LogP contribution in [0.3, 0.4) is 0 Å². The van der Waals surface area contributed by atoms with E-state index in [4.69, 9.17) is 5.73 Å². The van der Waals surface area contributed by atoms with Crippen molar-refractivity contribution < 1.29 is 0 Å². The molecular formula is C18H25N3. The molecule has 2 rings (SSSR count). The summed E-state index contributed by atoms with van der Waals surface area (Å²) in [7, 11) is 0. The molecule has 0 radical (unpaired) electrons. The average molecular weight is 283 g/mol. The molecule has 0 bridgehead atoms. The second kappa shape index (κ2) is 6.27. The zero-order valence-electron chi connectivity index (χ0n) is 13.4. The number of benzene rings is 1. The van der Waals surface area contributed by atoms with Crippen LogP contribution in [0, 0.1) is 0 Å². The molecular weight excluding hydrogens is 258 g/mol. The highest BCUT2D eigenvalue weighted by Crippen LogP contribution is 2.24. The standard InChI is InChI=1S/C18H25N3/c1-13(21-12-14-9-10-20-17(19)11-14)15-5-7-16(8-6-15)18(2,3)4/h5-11,13,21H,12H2,1-4H3,(H2,19,20). The first kappa shape index (κ1) is 15.5. The van der Waals surface area contributed by atoms with E-state index in [-0.39, 0.29) is 5.41 Å². The maximum absolute atomic E-state index is 5.69. The summed E-state index contributed by atoms with van der Waals surface area (Å²) >= 11 is 0. The third-order valence-corrected chi connectivity index (χ3v) is 3.73. The third kappa shape index (κ3) is 4.30. The van der Waals surface area contributed by atoms with E-state index in [1.807, 2.05) is 12.1 Å². The number of hydrogen-bond donors (Lipinski definition) is 2. The number of aromatic nitrogens is 1. The molecule has 1 unspecified atom stereocenters. The van der Waals surface area contributed by atoms with E-state index in [1.165, 1.54) is 11.1 Å². The van der Waals surface area contributed by atoms with Gasteiger partial charge in [-0.2, -0.15) is 0 Å². The molecule has 0 fully saturated rings. The fourth-order valence-electron chi connectivity index (χ4n) is 2.26. The maximum atomic E-state index is 5.69. The van der Waals surface area contributed by atoms with Gasteiger partial charge in [0.1, 0.15) is 5.82 Å². The molecule has 21 heavy (non-hydrogen) atoms. The van der Waals surface area contributed by atoms with Crippen molar-refractivity contribution in [2.24, 2.45) is 0 Å². The molecule has 1 atom stereocenters. The van der Waals surface area contributed by atoms with E-state index in [1.54, 1.807) is 6.20 Å². The lowest BCUT2D eigenvalue weighted by Crippen LogP contribution is -2.18. The number of hydrogen-bond acceptors (Lipinski definition) is 3. The van der Waals surface area contributed by atoms with Crippen molar-refractivity contribution in [3.8, 4) is 0 Å². The lowest BCUT2D eigenvalue weighted by Gasteiger charge is -2.20. The van der Waals surface area contributed by atoms with Crippen molar-refractivity contribution in [2.75, 3.05) is 5.73 Å². The van der Waals surface area contributed by atoms with Gasteiger partial charge in [-0.1, -0.05) is 45.0 Å². The molecule has 1 heterocycles. The van der Waals surface area contributed by atoms with E-state index in [9.17, 15) is 0 Å². The Kier molecular flexibility index (Phi) is 4.63. The minimum Gasteiger partial charge on any atom is -0.384 e. The normalized spacial score (nSPS) is 13.1. The number of nitrogens with one attached hydrogen (secondary N) is 1. The Bertz CT molecular complexity index is 582. The van der Waals surface area contributed by atoms with Gasteiger partial charge in [-0.15, -0.1) is 0 Å². The van der Waals surface area contributed by atoms with Crippen LogP contribution >= 0.6 is 0 Å². The van der Waals surface area contributed by atoms with Gasteiger partial charge in [0.15, 0.2) is 0 Å². The molecule has 0 spiro atoms. The second-order valence-corrected chi connectivity index (χ2v) is 6.56. The van der Waals surface area contributed by atoms with Gasteiger partial charge >= 0.3 is 0 Å². The molecule has 0 saturated heterocycles. The molecule has 0 aliphatic rings. The van der Waals surface area contributed by atoms with Gasteiger partial charge in [0, 0.05) is 18.8 Å². The minimum atomic E-state index is 0.198. The quantitative estimate of drug-likeness (QED) is 0.897. The first-order valence-electron chi connectivity index (χ1n) is 7.40. The summed E-state index contributed by atoms with van der Waals surface area (Å²) in [6, 6.07) is 13.0. The van der Waals surface area contributed by atoms with Crippen LogP contribution in [0.15, 0.2) is 42.6 Å². The van der Waals surface area contributed by atoms with Crippen LogP contribution in [0.5, 0.6) is 0 Å². The summed E-state index contributed by atoms with van der Waals surface area (Å²) in [4.78, 5) is 4.01. The smallest absolute Gasteiger partial charge is 0.123 e. The van der Waals surface area contributed by atoms with E-state index in [2.05, 4.69) is 62.3 Å². The van der Waals surface area contributed by atoms with Crippen molar-refractivity contribution in [1.82, 2.24) is 10.3 Å². The van der Waals surface area contributed by atoms with E-state index < -0.39 is 0 Å². The van der Waals surface area contributed by atoms with E-state index in [0.717, 1.165) is 12.1 Å². The highest BCUT2D eigenvalue weighted by Gasteiger charge is 2.13. The Labute approximate surface area is 127 Å². The van der Waals surface area contributed by atoms with Gasteiger partial charge < -0.3 is 11.1 Å². The molecule has 0 aliphatic heterocycles. The fourth-order valence-corrected chi connectivity index (χ4v) is 2.26. The van der Waals surface area contributed by atoms with Crippen molar-refractivity contribution in [2.45, 2.75) is 45.7 Å². The van der Waals surface area contributed by atoms with Gasteiger partial charge in [-0.05, 0) is 41.2 Å². The summed E-state index contributed by atoms with van der Waals surface area (Å²) in [6.07, 6.45) is 1.75. The number of nitrogens with two attached hydrogens (primary N) is 1. The second-order valence-electron chi connectivity index (χ2n) is 6.56. The zero-order valence-corrected chi connectivity index (χ0v) is 13.4.